The van der Waals surface area contributed by atoms with Gasteiger partial charge in [-0.3, -0.25) is 0 Å². The second-order valence-electron chi connectivity index (χ2n) is 8.91. The van der Waals surface area contributed by atoms with E-state index in [4.69, 9.17) is 19.4 Å². The molecule has 0 amide bonds. The Bertz CT molecular complexity index is 1340. The highest BCUT2D eigenvalue weighted by atomic mass is 16.5. The summed E-state index contributed by atoms with van der Waals surface area (Å²) in [6, 6.07) is 17.3. The van der Waals surface area contributed by atoms with Crippen molar-refractivity contribution in [1.29, 1.82) is 0 Å². The first-order valence-corrected chi connectivity index (χ1v) is 11.1. The summed E-state index contributed by atoms with van der Waals surface area (Å²) in [6.07, 6.45) is 3.87. The first-order valence-electron chi connectivity index (χ1n) is 11.1. The fourth-order valence-electron chi connectivity index (χ4n) is 5.56. The van der Waals surface area contributed by atoms with Gasteiger partial charge in [0.15, 0.2) is 0 Å². The molecule has 0 saturated heterocycles. The van der Waals surface area contributed by atoms with Gasteiger partial charge in [-0.15, -0.1) is 0 Å². The summed E-state index contributed by atoms with van der Waals surface area (Å²) in [4.78, 5) is 10.4. The van der Waals surface area contributed by atoms with Crippen molar-refractivity contribution >= 4 is 0 Å². The van der Waals surface area contributed by atoms with Crippen molar-refractivity contribution in [1.82, 2.24) is 9.97 Å². The number of pyridine rings is 2. The zero-order valence-electron chi connectivity index (χ0n) is 18.2. The third kappa shape index (κ3) is 2.44. The molecule has 0 unspecified atom stereocenters. The van der Waals surface area contributed by atoms with Crippen LogP contribution >= 0.6 is 0 Å². The Labute approximate surface area is 186 Å². The van der Waals surface area contributed by atoms with E-state index in [1.165, 1.54) is 44.5 Å². The molecule has 3 aliphatic carbocycles. The van der Waals surface area contributed by atoms with Crippen LogP contribution in [0.2, 0.25) is 0 Å². The molecule has 0 spiro atoms. The minimum Gasteiger partial charge on any atom is -0.497 e. The molecule has 4 heteroatoms. The SMILES string of the molecule is COc1ccc2c(c1)Cc1cc3c(nc1-2)-c1nc2c(cc1CC3)Cc1cc(OC)ccc1-2. The Balaban J connectivity index is 1.38. The van der Waals surface area contributed by atoms with E-state index in [9.17, 15) is 0 Å². The van der Waals surface area contributed by atoms with Crippen LogP contribution in [0.3, 0.4) is 0 Å². The summed E-state index contributed by atoms with van der Waals surface area (Å²) in [5.74, 6) is 1.80. The summed E-state index contributed by atoms with van der Waals surface area (Å²) < 4.78 is 10.9. The smallest absolute Gasteiger partial charge is 0.119 e. The molecule has 0 atom stereocenters. The van der Waals surface area contributed by atoms with Crippen LogP contribution in [-0.2, 0) is 25.7 Å². The lowest BCUT2D eigenvalue weighted by atomic mass is 9.90. The lowest BCUT2D eigenvalue weighted by Crippen LogP contribution is -2.10. The van der Waals surface area contributed by atoms with Crippen molar-refractivity contribution in [2.75, 3.05) is 14.2 Å². The van der Waals surface area contributed by atoms with E-state index < -0.39 is 0 Å². The molecule has 0 N–H and O–H groups in total. The number of hydrogen-bond acceptors (Lipinski definition) is 4. The molecule has 7 rings (SSSR count). The summed E-state index contributed by atoms with van der Waals surface area (Å²) in [7, 11) is 3.44. The van der Waals surface area contributed by atoms with E-state index in [1.807, 2.05) is 12.1 Å². The Morgan fingerprint density at radius 3 is 1.44 bits per heavy atom. The molecule has 32 heavy (non-hydrogen) atoms. The highest BCUT2D eigenvalue weighted by Crippen LogP contribution is 2.44. The lowest BCUT2D eigenvalue weighted by Gasteiger charge is -2.20. The molecular formula is C28H22N2O2. The lowest BCUT2D eigenvalue weighted by molar-refractivity contribution is 0.414. The number of rotatable bonds is 2. The van der Waals surface area contributed by atoms with E-state index in [-0.39, 0.29) is 0 Å². The van der Waals surface area contributed by atoms with Gasteiger partial charge in [-0.05, 0) is 82.6 Å². The average Bonchev–Trinajstić information content (AvgIpc) is 3.36. The number of hydrogen-bond donors (Lipinski definition) is 0. The molecule has 4 nitrogen and oxygen atoms in total. The monoisotopic (exact) mass is 418 g/mol. The van der Waals surface area contributed by atoms with Crippen molar-refractivity contribution < 1.29 is 9.47 Å². The Morgan fingerprint density at radius 2 is 1.00 bits per heavy atom. The van der Waals surface area contributed by atoms with Crippen LogP contribution in [-0.4, -0.2) is 24.2 Å². The maximum Gasteiger partial charge on any atom is 0.119 e. The first-order chi connectivity index (χ1) is 15.7. The number of nitrogens with zero attached hydrogens (tertiary/aromatic N) is 2. The Hall–Kier alpha value is -3.66. The van der Waals surface area contributed by atoms with Gasteiger partial charge in [-0.1, -0.05) is 12.1 Å². The van der Waals surface area contributed by atoms with E-state index in [0.29, 0.717) is 0 Å². The van der Waals surface area contributed by atoms with Gasteiger partial charge in [0.25, 0.3) is 0 Å². The van der Waals surface area contributed by atoms with Crippen molar-refractivity contribution in [3.05, 3.63) is 81.9 Å². The molecule has 0 radical (unpaired) electrons. The fourth-order valence-corrected chi connectivity index (χ4v) is 5.56. The van der Waals surface area contributed by atoms with Gasteiger partial charge in [0.2, 0.25) is 0 Å². The van der Waals surface area contributed by atoms with Crippen molar-refractivity contribution in [3.8, 4) is 45.4 Å². The number of fused-ring (bicyclic) bond motifs is 9. The molecule has 4 aromatic rings. The van der Waals surface area contributed by atoms with E-state index in [2.05, 4.69) is 36.4 Å². The van der Waals surface area contributed by atoms with Gasteiger partial charge in [-0.25, -0.2) is 9.97 Å². The highest BCUT2D eigenvalue weighted by molar-refractivity contribution is 5.82. The fraction of sp³-hybridized carbons (Fsp3) is 0.214. The van der Waals surface area contributed by atoms with Crippen molar-refractivity contribution in [2.45, 2.75) is 25.7 Å². The largest absolute Gasteiger partial charge is 0.497 e. The molecule has 2 heterocycles. The molecule has 2 aromatic carbocycles. The predicted octanol–water partition coefficient (Wildman–Crippen LogP) is 5.40. The van der Waals surface area contributed by atoms with Gasteiger partial charge in [0.05, 0.1) is 37.0 Å². The zero-order chi connectivity index (χ0) is 21.4. The van der Waals surface area contributed by atoms with E-state index in [1.54, 1.807) is 14.2 Å². The summed E-state index contributed by atoms with van der Waals surface area (Å²) in [5, 5.41) is 0. The van der Waals surface area contributed by atoms with Crippen LogP contribution in [0.5, 0.6) is 11.5 Å². The second kappa shape index (κ2) is 6.42. The van der Waals surface area contributed by atoms with Crippen LogP contribution in [0, 0.1) is 0 Å². The van der Waals surface area contributed by atoms with Crippen molar-refractivity contribution in [2.24, 2.45) is 0 Å². The van der Waals surface area contributed by atoms with Gasteiger partial charge in [-0.2, -0.15) is 0 Å². The van der Waals surface area contributed by atoms with Crippen LogP contribution in [0.15, 0.2) is 48.5 Å². The third-order valence-electron chi connectivity index (χ3n) is 7.15. The number of aromatic nitrogens is 2. The molecule has 0 saturated carbocycles. The van der Waals surface area contributed by atoms with Crippen LogP contribution in [0.25, 0.3) is 33.9 Å². The molecule has 3 aliphatic rings. The Kier molecular flexibility index (Phi) is 3.61. The Morgan fingerprint density at radius 1 is 0.531 bits per heavy atom. The minimum absolute atomic E-state index is 0.902. The van der Waals surface area contributed by atoms with Crippen LogP contribution in [0.4, 0.5) is 0 Å². The number of benzene rings is 2. The van der Waals surface area contributed by atoms with Gasteiger partial charge in [0, 0.05) is 24.0 Å². The molecule has 0 aliphatic heterocycles. The summed E-state index contributed by atoms with van der Waals surface area (Å²) in [5.41, 5.74) is 14.6. The standard InChI is InChI=1S/C28H22N2O2/c1-31-21-5-7-23-17(13-21)11-19-9-15-3-4-16-10-20-12-18-14-22(32-2)6-8-24(18)26(20)30-28(16)27(15)29-25(19)23/h5-10,13-14H,3-4,11-12H2,1-2H3. The third-order valence-corrected chi connectivity index (χ3v) is 7.15. The molecular weight excluding hydrogens is 396 g/mol. The first kappa shape index (κ1) is 18.0. The maximum absolute atomic E-state index is 5.43. The molecule has 0 bridgehead atoms. The minimum atomic E-state index is 0.902. The van der Waals surface area contributed by atoms with Crippen LogP contribution in [0.1, 0.15) is 33.4 Å². The van der Waals surface area contributed by atoms with Crippen molar-refractivity contribution in [3.63, 3.8) is 0 Å². The van der Waals surface area contributed by atoms with E-state index in [0.717, 1.165) is 60.0 Å². The topological polar surface area (TPSA) is 44.2 Å². The number of ether oxygens (including phenoxy) is 2. The van der Waals surface area contributed by atoms with E-state index >= 15 is 0 Å². The predicted molar refractivity (Wildman–Crippen MR) is 124 cm³/mol. The molecule has 2 aromatic heterocycles. The van der Waals surface area contributed by atoms with Gasteiger partial charge in [0.1, 0.15) is 11.5 Å². The zero-order valence-corrected chi connectivity index (χ0v) is 18.2. The normalized spacial score (nSPS) is 14.1. The highest BCUT2D eigenvalue weighted by Gasteiger charge is 2.29. The molecule has 156 valence electrons. The van der Waals surface area contributed by atoms with Gasteiger partial charge < -0.3 is 9.47 Å². The second-order valence-corrected chi connectivity index (χ2v) is 8.91. The molecule has 0 fully saturated rings. The maximum atomic E-state index is 5.43. The van der Waals surface area contributed by atoms with Crippen LogP contribution < -0.4 is 9.47 Å². The number of aryl methyl sites for hydroxylation is 2. The quantitative estimate of drug-likeness (QED) is 0.378. The summed E-state index contributed by atoms with van der Waals surface area (Å²) >= 11 is 0. The summed E-state index contributed by atoms with van der Waals surface area (Å²) in [6.45, 7) is 0. The average molecular weight is 418 g/mol. The van der Waals surface area contributed by atoms with Gasteiger partial charge >= 0.3 is 0 Å². The number of methoxy groups -OCH3 is 2.